The molecule has 4 nitrogen and oxygen atoms in total. The summed E-state index contributed by atoms with van der Waals surface area (Å²) in [5, 5.41) is 0. The number of esters is 1. The maximum Gasteiger partial charge on any atom is 0.344 e. The molecule has 0 saturated heterocycles. The number of hydrogen-bond donors (Lipinski definition) is 1. The van der Waals surface area contributed by atoms with E-state index < -0.39 is 29.1 Å². The van der Waals surface area contributed by atoms with Gasteiger partial charge in [0.1, 0.15) is 5.56 Å². The molecule has 0 amide bonds. The van der Waals surface area contributed by atoms with Crippen molar-refractivity contribution in [1.29, 1.82) is 0 Å². The molecule has 88 valence electrons. The van der Waals surface area contributed by atoms with Gasteiger partial charge in [-0.2, -0.15) is 0 Å². The molecule has 0 aromatic carbocycles. The first-order valence-corrected chi connectivity index (χ1v) is 5.43. The van der Waals surface area contributed by atoms with E-state index in [2.05, 4.69) is 9.72 Å². The molecule has 0 aliphatic heterocycles. The molecule has 1 N–H and O–H groups in total. The number of ether oxygens (including phenoxy) is 1. The highest BCUT2D eigenvalue weighted by Crippen LogP contribution is 2.25. The first-order valence-electron chi connectivity index (χ1n) is 4.35. The minimum atomic E-state index is -2.89. The van der Waals surface area contributed by atoms with Crippen molar-refractivity contribution in [2.45, 2.75) is 13.3 Å². The second kappa shape index (κ2) is 5.37. The van der Waals surface area contributed by atoms with Crippen molar-refractivity contribution in [3.05, 3.63) is 31.2 Å². The van der Waals surface area contributed by atoms with Gasteiger partial charge in [0.15, 0.2) is 0 Å². The van der Waals surface area contributed by atoms with Crippen LogP contribution in [0.1, 0.15) is 29.3 Å². The summed E-state index contributed by atoms with van der Waals surface area (Å²) in [5.41, 5.74) is -2.07. The Bertz CT molecular complexity index is 459. The number of hydrogen-bond acceptors (Lipinski definition) is 3. The van der Waals surface area contributed by atoms with Crippen molar-refractivity contribution in [1.82, 2.24) is 4.98 Å². The zero-order valence-corrected chi connectivity index (χ0v) is 10.4. The van der Waals surface area contributed by atoms with Crippen molar-refractivity contribution in [3.8, 4) is 0 Å². The molecule has 0 spiro atoms. The number of nitrogens with one attached hydrogen (secondary N) is 1. The third kappa shape index (κ3) is 2.57. The standard InChI is InChI=1S/C9H8F2INO3/c1-2-16-9(15)6-5(7(10)11)4(12)3-13-8(6)14/h3,7H,2H2,1H3,(H,13,14). The number of carbonyl (C=O) groups is 1. The molecule has 0 aliphatic rings. The van der Waals surface area contributed by atoms with Gasteiger partial charge in [-0.25, -0.2) is 13.6 Å². The molecule has 7 heteroatoms. The zero-order chi connectivity index (χ0) is 12.3. The largest absolute Gasteiger partial charge is 0.462 e. The van der Waals surface area contributed by atoms with Crippen LogP contribution in [0.4, 0.5) is 8.78 Å². The van der Waals surface area contributed by atoms with Crippen LogP contribution in [-0.4, -0.2) is 17.6 Å². The van der Waals surface area contributed by atoms with Gasteiger partial charge in [0.05, 0.1) is 12.2 Å². The second-order valence-corrected chi connectivity index (χ2v) is 3.94. The molecule has 0 atom stereocenters. The first-order chi connectivity index (χ1) is 7.49. The second-order valence-electron chi connectivity index (χ2n) is 2.78. The number of pyridine rings is 1. The van der Waals surface area contributed by atoms with Gasteiger partial charge in [-0.1, -0.05) is 0 Å². The number of halogens is 3. The predicted octanol–water partition coefficient (Wildman–Crippen LogP) is 2.09. The minimum Gasteiger partial charge on any atom is -0.462 e. The van der Waals surface area contributed by atoms with Gasteiger partial charge in [0.25, 0.3) is 12.0 Å². The van der Waals surface area contributed by atoms with E-state index in [1.165, 1.54) is 6.92 Å². The maximum absolute atomic E-state index is 12.7. The fourth-order valence-corrected chi connectivity index (χ4v) is 1.80. The zero-order valence-electron chi connectivity index (χ0n) is 8.22. The molecule has 0 bridgehead atoms. The van der Waals surface area contributed by atoms with Gasteiger partial charge < -0.3 is 9.72 Å². The Morgan fingerprint density at radius 2 is 2.25 bits per heavy atom. The normalized spacial score (nSPS) is 10.6. The van der Waals surface area contributed by atoms with Crippen LogP contribution in [0, 0.1) is 3.57 Å². The van der Waals surface area contributed by atoms with E-state index in [4.69, 9.17) is 0 Å². The van der Waals surface area contributed by atoms with Crippen LogP contribution in [-0.2, 0) is 4.74 Å². The summed E-state index contributed by atoms with van der Waals surface area (Å²) in [6.45, 7) is 1.55. The predicted molar refractivity (Wildman–Crippen MR) is 60.7 cm³/mol. The Morgan fingerprint density at radius 1 is 1.62 bits per heavy atom. The third-order valence-corrected chi connectivity index (χ3v) is 2.67. The monoisotopic (exact) mass is 343 g/mol. The Labute approximate surface area is 103 Å². The third-order valence-electron chi connectivity index (χ3n) is 1.78. The SMILES string of the molecule is CCOC(=O)c1c(C(F)F)c(I)c[nH]c1=O. The first kappa shape index (κ1) is 13.1. The van der Waals surface area contributed by atoms with Crippen LogP contribution in [0.25, 0.3) is 0 Å². The lowest BCUT2D eigenvalue weighted by Gasteiger charge is -2.08. The number of H-pyrrole nitrogens is 1. The molecular weight excluding hydrogens is 335 g/mol. The Kier molecular flexibility index (Phi) is 4.39. The van der Waals surface area contributed by atoms with Crippen molar-refractivity contribution in [3.63, 3.8) is 0 Å². The van der Waals surface area contributed by atoms with Gasteiger partial charge in [-0.3, -0.25) is 4.79 Å². The lowest BCUT2D eigenvalue weighted by molar-refractivity contribution is 0.0512. The van der Waals surface area contributed by atoms with Crippen molar-refractivity contribution < 1.29 is 18.3 Å². The molecule has 16 heavy (non-hydrogen) atoms. The van der Waals surface area contributed by atoms with E-state index in [0.717, 1.165) is 6.20 Å². The fraction of sp³-hybridized carbons (Fsp3) is 0.333. The number of aromatic nitrogens is 1. The number of rotatable bonds is 3. The van der Waals surface area contributed by atoms with Crippen LogP contribution in [0.5, 0.6) is 0 Å². The summed E-state index contributed by atoms with van der Waals surface area (Å²) in [5.74, 6) is -1.03. The highest BCUT2D eigenvalue weighted by Gasteiger charge is 2.25. The van der Waals surface area contributed by atoms with E-state index in [9.17, 15) is 18.4 Å². The molecule has 1 aromatic rings. The van der Waals surface area contributed by atoms with E-state index in [1.807, 2.05) is 0 Å². The summed E-state index contributed by atoms with van der Waals surface area (Å²) in [6.07, 6.45) is -1.76. The fourth-order valence-electron chi connectivity index (χ4n) is 1.14. The quantitative estimate of drug-likeness (QED) is 0.676. The van der Waals surface area contributed by atoms with Crippen LogP contribution < -0.4 is 5.56 Å². The van der Waals surface area contributed by atoms with Gasteiger partial charge in [-0.05, 0) is 29.5 Å². The molecule has 1 rings (SSSR count). The van der Waals surface area contributed by atoms with E-state index in [-0.39, 0.29) is 10.2 Å². The molecule has 1 heterocycles. The highest BCUT2D eigenvalue weighted by atomic mass is 127. The Balaban J connectivity index is 3.40. The van der Waals surface area contributed by atoms with Crippen LogP contribution in [0.2, 0.25) is 0 Å². The average molecular weight is 343 g/mol. The molecule has 0 aliphatic carbocycles. The smallest absolute Gasteiger partial charge is 0.344 e. The van der Waals surface area contributed by atoms with Gasteiger partial charge in [0.2, 0.25) is 0 Å². The molecule has 0 saturated carbocycles. The van der Waals surface area contributed by atoms with E-state index >= 15 is 0 Å². The molecule has 0 radical (unpaired) electrons. The molecular formula is C9H8F2INO3. The van der Waals surface area contributed by atoms with E-state index in [0.29, 0.717) is 0 Å². The molecule has 0 unspecified atom stereocenters. The lowest BCUT2D eigenvalue weighted by Crippen LogP contribution is -2.23. The van der Waals surface area contributed by atoms with E-state index in [1.54, 1.807) is 22.6 Å². The number of carbonyl (C=O) groups excluding carboxylic acids is 1. The topological polar surface area (TPSA) is 59.2 Å². The van der Waals surface area contributed by atoms with Crippen molar-refractivity contribution in [2.75, 3.05) is 6.61 Å². The van der Waals surface area contributed by atoms with Crippen molar-refractivity contribution >= 4 is 28.6 Å². The summed E-state index contributed by atoms with van der Waals surface area (Å²) >= 11 is 1.62. The lowest BCUT2D eigenvalue weighted by atomic mass is 10.1. The number of alkyl halides is 2. The maximum atomic E-state index is 12.7. The van der Waals surface area contributed by atoms with Crippen LogP contribution >= 0.6 is 22.6 Å². The summed E-state index contributed by atoms with van der Waals surface area (Å²) in [4.78, 5) is 24.9. The summed E-state index contributed by atoms with van der Waals surface area (Å²) in [7, 11) is 0. The summed E-state index contributed by atoms with van der Waals surface area (Å²) < 4.78 is 30.1. The Hall–Kier alpha value is -0.990. The minimum absolute atomic E-state index is 0.0203. The molecule has 1 aromatic heterocycles. The summed E-state index contributed by atoms with van der Waals surface area (Å²) in [6, 6.07) is 0. The Morgan fingerprint density at radius 3 is 2.75 bits per heavy atom. The average Bonchev–Trinajstić information content (AvgIpc) is 2.20. The van der Waals surface area contributed by atoms with Gasteiger partial charge in [0, 0.05) is 9.77 Å². The van der Waals surface area contributed by atoms with Gasteiger partial charge in [-0.15, -0.1) is 0 Å². The van der Waals surface area contributed by atoms with Gasteiger partial charge >= 0.3 is 5.97 Å². The van der Waals surface area contributed by atoms with Crippen molar-refractivity contribution in [2.24, 2.45) is 0 Å². The molecule has 0 fully saturated rings. The van der Waals surface area contributed by atoms with Crippen LogP contribution in [0.3, 0.4) is 0 Å². The number of aromatic amines is 1. The van der Waals surface area contributed by atoms with Crippen LogP contribution in [0.15, 0.2) is 11.0 Å². The highest BCUT2D eigenvalue weighted by molar-refractivity contribution is 14.1.